The van der Waals surface area contributed by atoms with Crippen molar-refractivity contribution in [1.29, 1.82) is 0 Å². The van der Waals surface area contributed by atoms with E-state index in [0.29, 0.717) is 37.1 Å². The number of amides is 8. The lowest BCUT2D eigenvalue weighted by atomic mass is 9.87. The van der Waals surface area contributed by atoms with E-state index in [0.717, 1.165) is 12.0 Å². The highest BCUT2D eigenvalue weighted by atomic mass is 16.6. The summed E-state index contributed by atoms with van der Waals surface area (Å²) in [6, 6.07) is 3.75. The zero-order valence-corrected chi connectivity index (χ0v) is 43.9. The van der Waals surface area contributed by atoms with Crippen LogP contribution in [0.1, 0.15) is 106 Å². The fraction of sp³-hybridized carbons (Fsp3) is 0.615. The van der Waals surface area contributed by atoms with Crippen LogP contribution in [0.25, 0.3) is 0 Å². The number of carbonyl (C=O) groups excluding carboxylic acids is 8. The number of hydrogen-bond acceptors (Lipinski definition) is 14. The Kier molecular flexibility index (Phi) is 24.0. The van der Waals surface area contributed by atoms with E-state index in [1.165, 1.54) is 19.1 Å². The molecular weight excluding hydrogens is 961 g/mol. The van der Waals surface area contributed by atoms with Crippen molar-refractivity contribution in [1.82, 2.24) is 31.9 Å². The fourth-order valence-corrected chi connectivity index (χ4v) is 8.50. The highest BCUT2D eigenvalue weighted by Crippen LogP contribution is 2.43. The van der Waals surface area contributed by atoms with Crippen molar-refractivity contribution in [3.63, 3.8) is 0 Å². The summed E-state index contributed by atoms with van der Waals surface area (Å²) < 4.78 is 28.6. The standard InChI is InChI=1S/C52H78N8O14/c1-9-43(62)60-46(30(2)3)49(67)59-39(11-10-22-55-50(53)68)48(66)57-37-17-15-36(16-18-37)28-70-51(69)56-24-23-54-45(64)26-38-27-52(29-71-52)47(65)42(74-38)20-13-31(4)12-19-41-32(5)25-40(34(7)73-41)58-44(63)21-14-33(6)72-35(8)61/h12-18,20-21,30,32-34,38-42,46-47,65H,9-11,19,22-29H2,1-8H3,(H,54,64)(H,56,69)(H,57,66)(H,58,63)(H,59,67)(H,60,62)(H3,53,55,68)/t32-,33-,34+,38+,39-,40+,41-,42+,46-,47+,52+/m0/s1. The summed E-state index contributed by atoms with van der Waals surface area (Å²) in [4.78, 5) is 98.9. The number of nitrogens with two attached hydrogens (primary N) is 1. The lowest BCUT2D eigenvalue weighted by Gasteiger charge is -2.39. The Morgan fingerprint density at radius 1 is 0.905 bits per heavy atom. The van der Waals surface area contributed by atoms with Crippen molar-refractivity contribution >= 4 is 53.3 Å². The number of anilines is 1. The van der Waals surface area contributed by atoms with Gasteiger partial charge in [-0.05, 0) is 82.1 Å². The maximum Gasteiger partial charge on any atom is 0.407 e. The Balaban J connectivity index is 1.17. The van der Waals surface area contributed by atoms with E-state index < -0.39 is 72.0 Å². The summed E-state index contributed by atoms with van der Waals surface area (Å²) in [5.41, 5.74) is 6.32. The molecule has 3 heterocycles. The van der Waals surface area contributed by atoms with E-state index in [1.54, 1.807) is 58.0 Å². The third kappa shape index (κ3) is 20.5. The summed E-state index contributed by atoms with van der Waals surface area (Å²) in [6.45, 7) is 14.8. The molecule has 0 radical (unpaired) electrons. The lowest BCUT2D eigenvalue weighted by Crippen LogP contribution is -2.54. The first-order valence-corrected chi connectivity index (χ1v) is 25.4. The normalized spacial score (nSPS) is 24.8. The predicted octanol–water partition coefficient (Wildman–Crippen LogP) is 2.83. The van der Waals surface area contributed by atoms with Crippen LogP contribution < -0.4 is 43.0 Å². The molecule has 0 aromatic heterocycles. The molecule has 3 aliphatic rings. The average molecular weight is 1040 g/mol. The van der Waals surface area contributed by atoms with Gasteiger partial charge < -0.3 is 71.7 Å². The van der Waals surface area contributed by atoms with E-state index >= 15 is 0 Å². The number of carbonyl (C=O) groups is 8. The molecule has 22 nitrogen and oxygen atoms in total. The summed E-state index contributed by atoms with van der Waals surface area (Å²) in [6.07, 6.45) is 7.29. The minimum absolute atomic E-state index is 0.0130. The van der Waals surface area contributed by atoms with Gasteiger partial charge in [0.1, 0.15) is 42.6 Å². The largest absolute Gasteiger partial charge is 0.459 e. The van der Waals surface area contributed by atoms with Gasteiger partial charge in [-0.2, -0.15) is 0 Å². The van der Waals surface area contributed by atoms with E-state index in [2.05, 4.69) is 50.2 Å². The summed E-state index contributed by atoms with van der Waals surface area (Å²) in [5, 5.41) is 30.1. The average Bonchev–Trinajstić information content (AvgIpc) is 4.12. The number of urea groups is 1. The maximum atomic E-state index is 13.4. The molecule has 0 unspecified atom stereocenters. The maximum absolute atomic E-state index is 13.4. The first kappa shape index (κ1) is 60.2. The molecule has 22 heteroatoms. The Morgan fingerprint density at radius 2 is 1.61 bits per heavy atom. The molecule has 10 N–H and O–H groups in total. The van der Waals surface area contributed by atoms with Crippen molar-refractivity contribution in [3.05, 3.63) is 65.8 Å². The Morgan fingerprint density at radius 3 is 2.26 bits per heavy atom. The molecule has 3 saturated heterocycles. The monoisotopic (exact) mass is 1040 g/mol. The van der Waals surface area contributed by atoms with E-state index in [9.17, 15) is 43.5 Å². The van der Waals surface area contributed by atoms with Crippen molar-refractivity contribution < 1.29 is 67.1 Å². The Bertz CT molecular complexity index is 2180. The lowest BCUT2D eigenvalue weighted by molar-refractivity contribution is -0.145. The molecule has 1 aromatic rings. The second-order valence-corrected chi connectivity index (χ2v) is 19.5. The van der Waals surface area contributed by atoms with Crippen LogP contribution in [-0.2, 0) is 59.1 Å². The molecule has 74 heavy (non-hydrogen) atoms. The number of alkyl carbamates (subject to hydrolysis) is 1. The molecular formula is C52H78N8O14. The highest BCUT2D eigenvalue weighted by Gasteiger charge is 2.58. The van der Waals surface area contributed by atoms with Crippen LogP contribution in [0.3, 0.4) is 0 Å². The van der Waals surface area contributed by atoms with Crippen molar-refractivity contribution in [2.45, 2.75) is 167 Å². The zero-order valence-electron chi connectivity index (χ0n) is 43.9. The first-order chi connectivity index (χ1) is 35.1. The Hall–Kier alpha value is -6.36. The minimum Gasteiger partial charge on any atom is -0.459 e. The second-order valence-electron chi connectivity index (χ2n) is 19.5. The van der Waals surface area contributed by atoms with Crippen LogP contribution in [0.15, 0.2) is 60.2 Å². The van der Waals surface area contributed by atoms with Gasteiger partial charge in [0.05, 0.1) is 37.4 Å². The fourth-order valence-electron chi connectivity index (χ4n) is 8.50. The summed E-state index contributed by atoms with van der Waals surface area (Å²) >= 11 is 0. The highest BCUT2D eigenvalue weighted by molar-refractivity contribution is 5.98. The van der Waals surface area contributed by atoms with Gasteiger partial charge in [-0.1, -0.05) is 63.6 Å². The number of esters is 1. The van der Waals surface area contributed by atoms with Gasteiger partial charge >= 0.3 is 18.1 Å². The third-order valence-corrected chi connectivity index (χ3v) is 12.8. The van der Waals surface area contributed by atoms with Gasteiger partial charge in [0.2, 0.25) is 29.5 Å². The third-order valence-electron chi connectivity index (χ3n) is 12.8. The van der Waals surface area contributed by atoms with E-state index in [-0.39, 0.29) is 93.3 Å². The molecule has 1 aromatic carbocycles. The SMILES string of the molecule is CCC(=O)N[C@H](C(=O)N[C@@H](CCCNC(N)=O)C(=O)Nc1ccc(COC(=O)NCCNC(=O)C[C@@H]2C[C@@]3(CO3)[C@H](O)[C@@H](C=CC(C)=CC[C@@H]3O[C@H](C)[C@H](NC(=O)C=C[C@H](C)OC(C)=O)C[C@@H]3C)O2)cc1)C(C)C. The predicted molar refractivity (Wildman–Crippen MR) is 273 cm³/mol. The van der Waals surface area contributed by atoms with Crippen molar-refractivity contribution in [2.75, 3.05) is 31.6 Å². The van der Waals surface area contributed by atoms with Gasteiger partial charge in [-0.15, -0.1) is 0 Å². The number of allylic oxidation sites excluding steroid dienone is 2. The number of primary amides is 1. The zero-order chi connectivity index (χ0) is 54.5. The van der Waals surface area contributed by atoms with E-state index in [1.807, 2.05) is 19.9 Å². The number of aliphatic hydroxyl groups is 1. The molecule has 11 atom stereocenters. The topological polar surface area (TPSA) is 316 Å². The van der Waals surface area contributed by atoms with Crippen molar-refractivity contribution in [2.24, 2.45) is 17.6 Å². The van der Waals surface area contributed by atoms with Crippen molar-refractivity contribution in [3.8, 4) is 0 Å². The van der Waals surface area contributed by atoms with Gasteiger partial charge in [0.15, 0.2) is 0 Å². The number of aliphatic hydroxyl groups excluding tert-OH is 1. The first-order valence-electron chi connectivity index (χ1n) is 25.4. The van der Waals surface area contributed by atoms with Gasteiger partial charge in [0, 0.05) is 51.2 Å². The van der Waals surface area contributed by atoms with Crippen LogP contribution >= 0.6 is 0 Å². The van der Waals surface area contributed by atoms with Gasteiger partial charge in [-0.25, -0.2) is 9.59 Å². The number of nitrogens with one attached hydrogen (secondary N) is 7. The Labute approximate surface area is 433 Å². The van der Waals surface area contributed by atoms with E-state index in [4.69, 9.17) is 29.4 Å². The second kappa shape index (κ2) is 29.5. The number of benzene rings is 1. The molecule has 3 fully saturated rings. The number of rotatable bonds is 26. The smallest absolute Gasteiger partial charge is 0.407 e. The van der Waals surface area contributed by atoms with Crippen LogP contribution in [-0.4, -0.2) is 139 Å². The number of epoxide rings is 1. The molecule has 0 bridgehead atoms. The minimum atomic E-state index is -1.00. The molecule has 0 aliphatic carbocycles. The number of ether oxygens (including phenoxy) is 5. The molecule has 1 spiro atoms. The molecule has 0 saturated carbocycles. The molecule has 4 rings (SSSR count). The molecule has 8 amide bonds. The molecule has 3 aliphatic heterocycles. The molecule has 410 valence electrons. The van der Waals surface area contributed by atoms with Crippen LogP contribution in [0.2, 0.25) is 0 Å². The quantitative estimate of drug-likeness (QED) is 0.0212. The van der Waals surface area contributed by atoms with Crippen LogP contribution in [0.5, 0.6) is 0 Å². The van der Waals surface area contributed by atoms with Gasteiger partial charge in [-0.3, -0.25) is 28.8 Å². The summed E-state index contributed by atoms with van der Waals surface area (Å²) in [7, 11) is 0. The van der Waals surface area contributed by atoms with Crippen LogP contribution in [0, 0.1) is 11.8 Å². The van der Waals surface area contributed by atoms with Crippen LogP contribution in [0.4, 0.5) is 15.3 Å². The van der Waals surface area contributed by atoms with Gasteiger partial charge in [0.25, 0.3) is 0 Å². The number of hydrogen-bond donors (Lipinski definition) is 9. The summed E-state index contributed by atoms with van der Waals surface area (Å²) in [5.74, 6) is -2.47.